The molecule has 0 fully saturated rings. The van der Waals surface area contributed by atoms with Crippen molar-refractivity contribution in [3.63, 3.8) is 0 Å². The third kappa shape index (κ3) is 4.99. The Labute approximate surface area is 219 Å². The van der Waals surface area contributed by atoms with Crippen LogP contribution in [0.25, 0.3) is 16.3 Å². The number of anilines is 2. The van der Waals surface area contributed by atoms with Gasteiger partial charge in [0, 0.05) is 27.2 Å². The van der Waals surface area contributed by atoms with Crippen LogP contribution in [0, 0.1) is 11.3 Å². The van der Waals surface area contributed by atoms with Crippen LogP contribution in [-0.4, -0.2) is 16.7 Å². The molecule has 4 aromatic rings. The lowest BCUT2D eigenvalue weighted by atomic mass is 9.71. The summed E-state index contributed by atoms with van der Waals surface area (Å²) in [4.78, 5) is 32.7. The molecule has 0 aliphatic heterocycles. The van der Waals surface area contributed by atoms with Crippen molar-refractivity contribution in [3.05, 3.63) is 80.5 Å². The minimum atomic E-state index is -0.266. The number of thiophene rings is 2. The molecule has 1 aromatic carbocycles. The molecule has 0 bridgehead atoms. The van der Waals surface area contributed by atoms with E-state index >= 15 is 0 Å². The van der Waals surface area contributed by atoms with Gasteiger partial charge in [0.25, 0.3) is 5.91 Å². The summed E-state index contributed by atoms with van der Waals surface area (Å²) >= 11 is 2.91. The minimum absolute atomic E-state index is 0.0845. The number of pyridine rings is 1. The number of carbonyl (C=O) groups excluding carboxylic acids is 2. The lowest BCUT2D eigenvalue weighted by molar-refractivity contribution is 0.102. The van der Waals surface area contributed by atoms with Gasteiger partial charge < -0.3 is 11.1 Å². The Balaban J connectivity index is 1.32. The van der Waals surface area contributed by atoms with Crippen molar-refractivity contribution in [1.29, 1.82) is 0 Å². The number of benzene rings is 1. The summed E-state index contributed by atoms with van der Waals surface area (Å²) in [5, 5.41) is 5.74. The van der Waals surface area contributed by atoms with Crippen molar-refractivity contribution >= 4 is 62.0 Å². The molecule has 5 nitrogen and oxygen atoms in total. The van der Waals surface area contributed by atoms with Crippen LogP contribution < -0.4 is 11.1 Å². The number of carbonyl (C=O) groups is 2. The van der Waals surface area contributed by atoms with Crippen LogP contribution in [0.1, 0.15) is 63.4 Å². The summed E-state index contributed by atoms with van der Waals surface area (Å²) in [5.74, 6) is 0.254. The van der Waals surface area contributed by atoms with Crippen LogP contribution in [0.2, 0.25) is 0 Å². The predicted octanol–water partition coefficient (Wildman–Crippen LogP) is 7.24. The monoisotopic (exact) mass is 515 g/mol. The molecule has 184 valence electrons. The first-order valence-corrected chi connectivity index (χ1v) is 13.8. The maximum absolute atomic E-state index is 13.1. The maximum Gasteiger partial charge on any atom is 0.267 e. The number of nitrogens with one attached hydrogen (secondary N) is 1. The summed E-state index contributed by atoms with van der Waals surface area (Å²) in [7, 11) is 0. The highest BCUT2D eigenvalue weighted by molar-refractivity contribution is 7.21. The molecule has 0 saturated carbocycles. The quantitative estimate of drug-likeness (QED) is 0.217. The normalized spacial score (nSPS) is 15.8. The molecule has 0 spiro atoms. The molecule has 1 atom stereocenters. The van der Waals surface area contributed by atoms with E-state index in [0.29, 0.717) is 27.7 Å². The van der Waals surface area contributed by atoms with E-state index in [1.165, 1.54) is 16.9 Å². The van der Waals surface area contributed by atoms with E-state index in [9.17, 15) is 9.59 Å². The number of ketones is 1. The van der Waals surface area contributed by atoms with Gasteiger partial charge in [-0.2, -0.15) is 0 Å². The summed E-state index contributed by atoms with van der Waals surface area (Å²) in [6, 6.07) is 12.9. The van der Waals surface area contributed by atoms with Gasteiger partial charge in [-0.05, 0) is 90.1 Å². The Hall–Kier alpha value is -3.29. The molecule has 1 amide bonds. The van der Waals surface area contributed by atoms with Crippen LogP contribution in [0.3, 0.4) is 0 Å². The first kappa shape index (κ1) is 24.4. The average Bonchev–Trinajstić information content (AvgIpc) is 3.49. The highest BCUT2D eigenvalue weighted by atomic mass is 32.1. The second-order valence-electron chi connectivity index (χ2n) is 10.3. The van der Waals surface area contributed by atoms with Gasteiger partial charge in [-0.3, -0.25) is 9.59 Å². The number of hydrogen-bond donors (Lipinski definition) is 2. The van der Waals surface area contributed by atoms with E-state index in [4.69, 9.17) is 10.7 Å². The van der Waals surface area contributed by atoms with E-state index in [0.717, 1.165) is 40.1 Å². The molecule has 1 aliphatic rings. The van der Waals surface area contributed by atoms with Crippen molar-refractivity contribution < 1.29 is 9.59 Å². The van der Waals surface area contributed by atoms with Gasteiger partial charge in [-0.1, -0.05) is 26.8 Å². The maximum atomic E-state index is 13.1. The largest absolute Gasteiger partial charge is 0.397 e. The van der Waals surface area contributed by atoms with Gasteiger partial charge in [0.05, 0.1) is 5.69 Å². The second kappa shape index (κ2) is 9.64. The Morgan fingerprint density at radius 2 is 1.94 bits per heavy atom. The molecule has 0 unspecified atom stereocenters. The molecule has 0 radical (unpaired) electrons. The van der Waals surface area contributed by atoms with E-state index in [-0.39, 0.29) is 17.1 Å². The number of hydrogen-bond acceptors (Lipinski definition) is 6. The van der Waals surface area contributed by atoms with E-state index in [1.807, 2.05) is 23.6 Å². The predicted molar refractivity (Wildman–Crippen MR) is 151 cm³/mol. The lowest BCUT2D eigenvalue weighted by Crippen LogP contribution is -2.27. The van der Waals surface area contributed by atoms with Crippen molar-refractivity contribution in [3.8, 4) is 0 Å². The van der Waals surface area contributed by atoms with Gasteiger partial charge in [0.2, 0.25) is 0 Å². The van der Waals surface area contributed by atoms with Gasteiger partial charge >= 0.3 is 0 Å². The zero-order chi connectivity index (χ0) is 25.4. The summed E-state index contributed by atoms with van der Waals surface area (Å²) < 4.78 is 0. The molecular formula is C29H29N3O2S2. The Kier molecular flexibility index (Phi) is 6.53. The lowest BCUT2D eigenvalue weighted by Gasteiger charge is -2.34. The first-order chi connectivity index (χ1) is 17.2. The summed E-state index contributed by atoms with van der Waals surface area (Å²) in [6.07, 6.45) is 6.45. The fourth-order valence-corrected chi connectivity index (χ4v) is 6.25. The van der Waals surface area contributed by atoms with Gasteiger partial charge in [-0.15, -0.1) is 22.7 Å². The second-order valence-corrected chi connectivity index (χ2v) is 12.3. The van der Waals surface area contributed by atoms with Crippen LogP contribution >= 0.6 is 22.7 Å². The van der Waals surface area contributed by atoms with Gasteiger partial charge in [-0.25, -0.2) is 4.98 Å². The highest BCUT2D eigenvalue weighted by Crippen LogP contribution is 2.40. The molecule has 3 aromatic heterocycles. The molecule has 1 aliphatic carbocycles. The Morgan fingerprint density at radius 1 is 1.17 bits per heavy atom. The van der Waals surface area contributed by atoms with E-state index < -0.39 is 0 Å². The number of aryl methyl sites for hydroxylation is 1. The zero-order valence-corrected chi connectivity index (χ0v) is 22.3. The molecule has 0 saturated heterocycles. The van der Waals surface area contributed by atoms with Gasteiger partial charge in [0.15, 0.2) is 5.78 Å². The molecule has 3 heterocycles. The van der Waals surface area contributed by atoms with Crippen LogP contribution in [0.15, 0.2) is 53.9 Å². The number of nitrogens with two attached hydrogens (primary N) is 1. The number of rotatable bonds is 5. The van der Waals surface area contributed by atoms with Crippen molar-refractivity contribution in [2.45, 2.75) is 40.0 Å². The third-order valence-electron chi connectivity index (χ3n) is 6.89. The minimum Gasteiger partial charge on any atom is -0.397 e. The highest BCUT2D eigenvalue weighted by Gasteiger charge is 2.30. The number of allylic oxidation sites excluding steroid dienone is 1. The molecule has 5 rings (SSSR count). The van der Waals surface area contributed by atoms with Crippen molar-refractivity contribution in [2.24, 2.45) is 11.3 Å². The Bertz CT molecular complexity index is 1460. The average molecular weight is 516 g/mol. The van der Waals surface area contributed by atoms with Crippen molar-refractivity contribution in [2.75, 3.05) is 11.1 Å². The van der Waals surface area contributed by atoms with Gasteiger partial charge in [0.1, 0.15) is 9.71 Å². The molecular weight excluding hydrogens is 486 g/mol. The molecule has 3 N–H and O–H groups in total. The summed E-state index contributed by atoms with van der Waals surface area (Å²) in [6.45, 7) is 6.88. The smallest absolute Gasteiger partial charge is 0.267 e. The third-order valence-corrected chi connectivity index (χ3v) is 8.84. The summed E-state index contributed by atoms with van der Waals surface area (Å²) in [5.41, 5.74) is 10.7. The number of fused-ring (bicyclic) bond motifs is 2. The zero-order valence-electron chi connectivity index (χ0n) is 20.6. The fourth-order valence-electron chi connectivity index (χ4n) is 4.64. The standard InChI is InChI=1S/C29H29N3O2S2/c1-29(2,3)19-8-12-23-18(15-19)16-22-25(30)26(36-28(22)32-23)27(34)31-20-9-6-17(7-10-20)24(33)13-11-21-5-4-14-35-21/h4-7,9-11,13-14,16,19H,8,12,15,30H2,1-3H3,(H,31,34)/b13-11+/t19-/m1/s1. The molecule has 7 heteroatoms. The number of amides is 1. The SMILES string of the molecule is CC(C)(C)[C@@H]1CCc2nc3sc(C(=O)Nc4ccc(C(=O)/C=C/c5cccs5)cc4)c(N)c3cc2C1. The van der Waals surface area contributed by atoms with E-state index in [1.54, 1.807) is 41.7 Å². The number of aromatic nitrogens is 1. The topological polar surface area (TPSA) is 85.1 Å². The molecule has 36 heavy (non-hydrogen) atoms. The van der Waals surface area contributed by atoms with Crippen molar-refractivity contribution in [1.82, 2.24) is 4.98 Å². The first-order valence-electron chi connectivity index (χ1n) is 12.1. The van der Waals surface area contributed by atoms with Crippen LogP contribution in [-0.2, 0) is 12.8 Å². The Morgan fingerprint density at radius 3 is 2.64 bits per heavy atom. The van der Waals surface area contributed by atoms with E-state index in [2.05, 4.69) is 32.2 Å². The van der Waals surface area contributed by atoms with Crippen LogP contribution in [0.5, 0.6) is 0 Å². The number of nitrogen functional groups attached to an aromatic ring is 1. The number of nitrogens with zero attached hydrogens (tertiary/aromatic N) is 1. The van der Waals surface area contributed by atoms with Crippen LogP contribution in [0.4, 0.5) is 11.4 Å². The fraction of sp³-hybridized carbons (Fsp3) is 0.276.